The molecule has 3 aliphatic heterocycles. The first kappa shape index (κ1) is 20.1. The average Bonchev–Trinajstić information content (AvgIpc) is 3.21. The van der Waals surface area contributed by atoms with Crippen molar-refractivity contribution in [3.8, 4) is 0 Å². The third-order valence-electron chi connectivity index (χ3n) is 7.48. The fourth-order valence-electron chi connectivity index (χ4n) is 6.15. The Kier molecular flexibility index (Phi) is 5.14. The minimum absolute atomic E-state index is 0.0175. The third kappa shape index (κ3) is 2.78. The number of amides is 3. The van der Waals surface area contributed by atoms with E-state index in [9.17, 15) is 14.4 Å². The van der Waals surface area contributed by atoms with Crippen molar-refractivity contribution in [1.82, 2.24) is 10.2 Å². The molecule has 0 unspecified atom stereocenters. The van der Waals surface area contributed by atoms with Crippen molar-refractivity contribution in [1.29, 1.82) is 0 Å². The fraction of sp³-hybridized carbons (Fsp3) is 0.609. The SMILES string of the molecule is CSCC[C@H]1N[C@]2(C(=O)Nc3ccccc32)[C@@H]2C(=O)N(C3CCCCCC3)C(=O)[C@H]21. The summed E-state index contributed by atoms with van der Waals surface area (Å²) in [7, 11) is 0. The van der Waals surface area contributed by atoms with Crippen LogP contribution in [0.2, 0.25) is 0 Å². The van der Waals surface area contributed by atoms with E-state index >= 15 is 0 Å². The molecule has 4 atom stereocenters. The van der Waals surface area contributed by atoms with Gasteiger partial charge < -0.3 is 5.32 Å². The van der Waals surface area contributed by atoms with Crippen molar-refractivity contribution in [2.75, 3.05) is 17.3 Å². The highest BCUT2D eigenvalue weighted by Crippen LogP contribution is 2.54. The summed E-state index contributed by atoms with van der Waals surface area (Å²) >= 11 is 1.72. The molecule has 7 heteroatoms. The largest absolute Gasteiger partial charge is 0.324 e. The lowest BCUT2D eigenvalue weighted by molar-refractivity contribution is -0.145. The van der Waals surface area contributed by atoms with E-state index in [1.807, 2.05) is 30.5 Å². The molecule has 1 aromatic rings. The number of imide groups is 1. The van der Waals surface area contributed by atoms with E-state index in [0.29, 0.717) is 0 Å². The van der Waals surface area contributed by atoms with E-state index in [1.54, 1.807) is 16.7 Å². The van der Waals surface area contributed by atoms with Gasteiger partial charge in [0, 0.05) is 23.3 Å². The highest BCUT2D eigenvalue weighted by atomic mass is 32.2. The summed E-state index contributed by atoms with van der Waals surface area (Å²) in [6.07, 6.45) is 9.01. The normalized spacial score (nSPS) is 33.7. The van der Waals surface area contributed by atoms with Gasteiger partial charge in [0.15, 0.2) is 0 Å². The molecule has 1 aliphatic carbocycles. The van der Waals surface area contributed by atoms with E-state index in [2.05, 4.69) is 10.6 Å². The number of benzene rings is 1. The zero-order valence-corrected chi connectivity index (χ0v) is 18.2. The lowest BCUT2D eigenvalue weighted by Gasteiger charge is -2.32. The number of hydrogen-bond acceptors (Lipinski definition) is 5. The smallest absolute Gasteiger partial charge is 0.250 e. The van der Waals surface area contributed by atoms with E-state index in [-0.39, 0.29) is 29.8 Å². The molecule has 30 heavy (non-hydrogen) atoms. The van der Waals surface area contributed by atoms with Crippen LogP contribution in [-0.4, -0.2) is 46.7 Å². The minimum Gasteiger partial charge on any atom is -0.324 e. The molecule has 6 nitrogen and oxygen atoms in total. The molecule has 1 aromatic carbocycles. The summed E-state index contributed by atoms with van der Waals surface area (Å²) in [5.41, 5.74) is 0.407. The van der Waals surface area contributed by atoms with Crippen LogP contribution in [-0.2, 0) is 19.9 Å². The monoisotopic (exact) mass is 427 g/mol. The highest BCUT2D eigenvalue weighted by molar-refractivity contribution is 7.98. The van der Waals surface area contributed by atoms with Crippen LogP contribution < -0.4 is 10.6 Å². The zero-order chi connectivity index (χ0) is 20.9. The van der Waals surface area contributed by atoms with E-state index in [4.69, 9.17) is 0 Å². The molecule has 4 aliphatic rings. The Morgan fingerprint density at radius 2 is 1.80 bits per heavy atom. The van der Waals surface area contributed by atoms with Crippen LogP contribution in [0.25, 0.3) is 0 Å². The van der Waals surface area contributed by atoms with Crippen molar-refractivity contribution < 1.29 is 14.4 Å². The number of thioether (sulfide) groups is 1. The number of nitrogens with one attached hydrogen (secondary N) is 2. The van der Waals surface area contributed by atoms with Gasteiger partial charge in [-0.25, -0.2) is 0 Å². The van der Waals surface area contributed by atoms with E-state index in [0.717, 1.165) is 61.9 Å². The Morgan fingerprint density at radius 3 is 2.53 bits per heavy atom. The van der Waals surface area contributed by atoms with E-state index < -0.39 is 17.4 Å². The predicted molar refractivity (Wildman–Crippen MR) is 117 cm³/mol. The van der Waals surface area contributed by atoms with Gasteiger partial charge in [-0.15, -0.1) is 0 Å². The Balaban J connectivity index is 1.58. The summed E-state index contributed by atoms with van der Waals surface area (Å²) in [6.45, 7) is 0. The van der Waals surface area contributed by atoms with Gasteiger partial charge in [-0.05, 0) is 37.3 Å². The standard InChI is InChI=1S/C23H29N3O3S/c1-30-13-12-17-18-19(21(28)26(20(18)27)14-8-4-2-3-5-9-14)23(25-17)15-10-6-7-11-16(15)24-22(23)29/h6-7,10-11,14,17-19,25H,2-5,8-9,12-13H2,1H3,(H,24,29)/t17-,18+,19+,23+/m1/s1. The Bertz CT molecular complexity index is 882. The highest BCUT2D eigenvalue weighted by Gasteiger charge is 2.70. The van der Waals surface area contributed by atoms with Crippen LogP contribution >= 0.6 is 11.8 Å². The number of rotatable bonds is 4. The van der Waals surface area contributed by atoms with Gasteiger partial charge in [-0.3, -0.25) is 24.6 Å². The van der Waals surface area contributed by atoms with Crippen molar-refractivity contribution in [3.05, 3.63) is 29.8 Å². The molecule has 1 spiro atoms. The van der Waals surface area contributed by atoms with Crippen molar-refractivity contribution in [3.63, 3.8) is 0 Å². The maximum Gasteiger partial charge on any atom is 0.250 e. The molecule has 3 amide bonds. The van der Waals surface area contributed by atoms with Crippen LogP contribution in [0, 0.1) is 11.8 Å². The van der Waals surface area contributed by atoms with E-state index in [1.165, 1.54) is 0 Å². The lowest BCUT2D eigenvalue weighted by Crippen LogP contribution is -2.54. The summed E-state index contributed by atoms with van der Waals surface area (Å²) in [5.74, 6) is -0.666. The molecule has 2 N–H and O–H groups in total. The quantitative estimate of drug-likeness (QED) is 0.571. The Labute approximate surface area is 181 Å². The number of nitrogens with zero attached hydrogens (tertiary/aromatic N) is 1. The van der Waals surface area contributed by atoms with Crippen molar-refractivity contribution in [2.24, 2.45) is 11.8 Å². The molecule has 5 rings (SSSR count). The maximum atomic E-state index is 13.8. The van der Waals surface area contributed by atoms with Gasteiger partial charge >= 0.3 is 0 Å². The van der Waals surface area contributed by atoms with Crippen LogP contribution in [0.3, 0.4) is 0 Å². The molecule has 0 bridgehead atoms. The first-order valence-electron chi connectivity index (χ1n) is 11.1. The van der Waals surface area contributed by atoms with Gasteiger partial charge in [0.1, 0.15) is 5.54 Å². The topological polar surface area (TPSA) is 78.5 Å². The molecule has 3 heterocycles. The van der Waals surface area contributed by atoms with Crippen LogP contribution in [0.5, 0.6) is 0 Å². The Hall–Kier alpha value is -1.86. The summed E-state index contributed by atoms with van der Waals surface area (Å²) in [5, 5.41) is 6.48. The molecule has 1 saturated carbocycles. The second kappa shape index (κ2) is 7.68. The molecular weight excluding hydrogens is 398 g/mol. The van der Waals surface area contributed by atoms with Gasteiger partial charge in [0.25, 0.3) is 0 Å². The second-order valence-electron chi connectivity index (χ2n) is 9.04. The predicted octanol–water partition coefficient (Wildman–Crippen LogP) is 2.88. The van der Waals surface area contributed by atoms with Crippen molar-refractivity contribution >= 4 is 35.2 Å². The molecule has 2 saturated heterocycles. The first-order valence-corrected chi connectivity index (χ1v) is 12.5. The summed E-state index contributed by atoms with van der Waals surface area (Å²) in [4.78, 5) is 42.4. The number of carbonyl (C=O) groups is 3. The summed E-state index contributed by atoms with van der Waals surface area (Å²) in [6, 6.07) is 7.38. The zero-order valence-electron chi connectivity index (χ0n) is 17.4. The average molecular weight is 428 g/mol. The maximum absolute atomic E-state index is 13.8. The molecule has 0 aromatic heterocycles. The third-order valence-corrected chi connectivity index (χ3v) is 8.12. The van der Waals surface area contributed by atoms with Crippen LogP contribution in [0.1, 0.15) is 50.5 Å². The number of hydrogen-bond donors (Lipinski definition) is 2. The number of carbonyl (C=O) groups excluding carboxylic acids is 3. The fourth-order valence-corrected chi connectivity index (χ4v) is 6.64. The van der Waals surface area contributed by atoms with Gasteiger partial charge in [-0.1, -0.05) is 43.9 Å². The number of anilines is 1. The number of likely N-dealkylation sites (tertiary alicyclic amines) is 1. The molecule has 160 valence electrons. The van der Waals surface area contributed by atoms with Gasteiger partial charge in [0.2, 0.25) is 17.7 Å². The minimum atomic E-state index is -1.14. The van der Waals surface area contributed by atoms with Crippen LogP contribution in [0.4, 0.5) is 5.69 Å². The van der Waals surface area contributed by atoms with Crippen molar-refractivity contribution in [2.45, 2.75) is 62.6 Å². The van der Waals surface area contributed by atoms with Crippen LogP contribution in [0.15, 0.2) is 24.3 Å². The van der Waals surface area contributed by atoms with Gasteiger partial charge in [0.05, 0.1) is 11.8 Å². The molecule has 0 radical (unpaired) electrons. The number of para-hydroxylation sites is 1. The Morgan fingerprint density at radius 1 is 1.07 bits per heavy atom. The first-order chi connectivity index (χ1) is 14.6. The summed E-state index contributed by atoms with van der Waals surface area (Å²) < 4.78 is 0. The lowest BCUT2D eigenvalue weighted by atomic mass is 9.76. The molecule has 3 fully saturated rings. The van der Waals surface area contributed by atoms with Gasteiger partial charge in [-0.2, -0.15) is 11.8 Å². The second-order valence-corrected chi connectivity index (χ2v) is 10.0. The number of fused-ring (bicyclic) bond motifs is 4. The molecular formula is C23H29N3O3S.